The van der Waals surface area contributed by atoms with Crippen molar-refractivity contribution >= 4 is 11.9 Å². The Hall–Kier alpha value is -1.84. The van der Waals surface area contributed by atoms with Crippen LogP contribution >= 0.6 is 0 Å². The SMILES string of the molecule is CC(C)NC(=O)COC(=O)C(C)(C)c1ccccc1. The molecule has 1 aromatic carbocycles. The molecule has 4 nitrogen and oxygen atoms in total. The summed E-state index contributed by atoms with van der Waals surface area (Å²) in [5.41, 5.74) is 0.101. The van der Waals surface area contributed by atoms with Crippen molar-refractivity contribution in [3.05, 3.63) is 35.9 Å². The topological polar surface area (TPSA) is 55.4 Å². The normalized spacial score (nSPS) is 11.2. The van der Waals surface area contributed by atoms with Gasteiger partial charge in [-0.2, -0.15) is 0 Å². The van der Waals surface area contributed by atoms with Gasteiger partial charge in [-0.3, -0.25) is 9.59 Å². The van der Waals surface area contributed by atoms with Crippen LogP contribution in [0.3, 0.4) is 0 Å². The highest BCUT2D eigenvalue weighted by atomic mass is 16.5. The Bertz CT molecular complexity index is 438. The van der Waals surface area contributed by atoms with Crippen molar-refractivity contribution in [3.8, 4) is 0 Å². The van der Waals surface area contributed by atoms with Crippen LogP contribution in [0.2, 0.25) is 0 Å². The van der Waals surface area contributed by atoms with E-state index in [1.165, 1.54) is 0 Å². The molecule has 0 radical (unpaired) electrons. The molecule has 4 heteroatoms. The molecule has 0 atom stereocenters. The fraction of sp³-hybridized carbons (Fsp3) is 0.467. The van der Waals surface area contributed by atoms with Crippen LogP contribution in [0.5, 0.6) is 0 Å². The number of ether oxygens (including phenoxy) is 1. The largest absolute Gasteiger partial charge is 0.455 e. The summed E-state index contributed by atoms with van der Waals surface area (Å²) in [5.74, 6) is -0.690. The summed E-state index contributed by atoms with van der Waals surface area (Å²) in [7, 11) is 0. The van der Waals surface area contributed by atoms with Gasteiger partial charge in [0.15, 0.2) is 6.61 Å². The third-order valence-corrected chi connectivity index (χ3v) is 2.79. The van der Waals surface area contributed by atoms with Crippen molar-refractivity contribution in [1.29, 1.82) is 0 Å². The van der Waals surface area contributed by atoms with Gasteiger partial charge < -0.3 is 10.1 Å². The lowest BCUT2D eigenvalue weighted by Crippen LogP contribution is -2.37. The highest BCUT2D eigenvalue weighted by Crippen LogP contribution is 2.24. The molecule has 104 valence electrons. The summed E-state index contributed by atoms with van der Waals surface area (Å²) < 4.78 is 5.07. The fourth-order valence-electron chi connectivity index (χ4n) is 1.65. The number of amides is 1. The lowest BCUT2D eigenvalue weighted by molar-refractivity contribution is -0.153. The molecule has 0 saturated heterocycles. The predicted octanol–water partition coefficient (Wildman–Crippen LogP) is 2.03. The van der Waals surface area contributed by atoms with Gasteiger partial charge in [0, 0.05) is 6.04 Å². The quantitative estimate of drug-likeness (QED) is 0.827. The van der Waals surface area contributed by atoms with Gasteiger partial charge in [0.25, 0.3) is 5.91 Å². The number of carbonyl (C=O) groups excluding carboxylic acids is 2. The molecule has 0 saturated carbocycles. The Morgan fingerprint density at radius 3 is 2.32 bits per heavy atom. The van der Waals surface area contributed by atoms with E-state index in [0.717, 1.165) is 5.56 Å². The van der Waals surface area contributed by atoms with E-state index in [2.05, 4.69) is 5.32 Å². The van der Waals surface area contributed by atoms with Gasteiger partial charge in [0.2, 0.25) is 0 Å². The van der Waals surface area contributed by atoms with Crippen LogP contribution in [0.1, 0.15) is 33.3 Å². The molecule has 1 N–H and O–H groups in total. The molecule has 1 amide bonds. The zero-order chi connectivity index (χ0) is 14.5. The molecule has 0 aliphatic rings. The molecule has 19 heavy (non-hydrogen) atoms. The van der Waals surface area contributed by atoms with Crippen molar-refractivity contribution < 1.29 is 14.3 Å². The Labute approximate surface area is 114 Å². The highest BCUT2D eigenvalue weighted by molar-refractivity contribution is 5.85. The molecule has 1 aromatic rings. The summed E-state index contributed by atoms with van der Waals surface area (Å²) in [6.45, 7) is 7.03. The number of hydrogen-bond acceptors (Lipinski definition) is 3. The molecule has 1 rings (SSSR count). The number of carbonyl (C=O) groups is 2. The molecule has 0 aliphatic heterocycles. The molecule has 0 heterocycles. The Morgan fingerprint density at radius 2 is 1.79 bits per heavy atom. The van der Waals surface area contributed by atoms with E-state index in [9.17, 15) is 9.59 Å². The fourth-order valence-corrected chi connectivity index (χ4v) is 1.65. The highest BCUT2D eigenvalue weighted by Gasteiger charge is 2.31. The third-order valence-electron chi connectivity index (χ3n) is 2.79. The van der Waals surface area contributed by atoms with E-state index < -0.39 is 11.4 Å². The van der Waals surface area contributed by atoms with Crippen LogP contribution in [0.25, 0.3) is 0 Å². The first-order valence-electron chi connectivity index (χ1n) is 6.36. The van der Waals surface area contributed by atoms with Crippen LogP contribution < -0.4 is 5.32 Å². The third kappa shape index (κ3) is 4.39. The van der Waals surface area contributed by atoms with Crippen LogP contribution in [0, 0.1) is 0 Å². The molecule has 0 bridgehead atoms. The second kappa shape index (κ2) is 6.36. The average molecular weight is 263 g/mol. The Morgan fingerprint density at radius 1 is 1.21 bits per heavy atom. The standard InChI is InChI=1S/C15H21NO3/c1-11(2)16-13(17)10-19-14(18)15(3,4)12-8-6-5-7-9-12/h5-9,11H,10H2,1-4H3,(H,16,17). The van der Waals surface area contributed by atoms with Gasteiger partial charge in [-0.05, 0) is 33.3 Å². The zero-order valence-corrected chi connectivity index (χ0v) is 11.9. The molecular weight excluding hydrogens is 242 g/mol. The van der Waals surface area contributed by atoms with E-state index in [-0.39, 0.29) is 18.6 Å². The summed E-state index contributed by atoms with van der Waals surface area (Å²) in [4.78, 5) is 23.5. The average Bonchev–Trinajstić information content (AvgIpc) is 2.36. The minimum absolute atomic E-state index is 0.0355. The summed E-state index contributed by atoms with van der Waals surface area (Å²) in [5, 5.41) is 2.67. The minimum Gasteiger partial charge on any atom is -0.455 e. The number of benzene rings is 1. The Kier molecular flexibility index (Phi) is 5.10. The van der Waals surface area contributed by atoms with E-state index in [0.29, 0.717) is 0 Å². The zero-order valence-electron chi connectivity index (χ0n) is 11.9. The van der Waals surface area contributed by atoms with Gasteiger partial charge in [-0.15, -0.1) is 0 Å². The van der Waals surface area contributed by atoms with E-state index in [1.807, 2.05) is 44.2 Å². The predicted molar refractivity (Wildman–Crippen MR) is 73.7 cm³/mol. The summed E-state index contributed by atoms with van der Waals surface area (Å²) in [6.07, 6.45) is 0. The Balaban J connectivity index is 2.60. The first-order chi connectivity index (χ1) is 8.84. The smallest absolute Gasteiger partial charge is 0.316 e. The first kappa shape index (κ1) is 15.2. The maximum absolute atomic E-state index is 12.1. The van der Waals surface area contributed by atoms with E-state index in [4.69, 9.17) is 4.74 Å². The van der Waals surface area contributed by atoms with Crippen LogP contribution in [-0.2, 0) is 19.7 Å². The maximum atomic E-state index is 12.1. The summed E-state index contributed by atoms with van der Waals surface area (Å²) >= 11 is 0. The molecule has 0 fully saturated rings. The number of esters is 1. The van der Waals surface area contributed by atoms with Crippen LogP contribution in [-0.4, -0.2) is 24.5 Å². The van der Waals surface area contributed by atoms with Crippen molar-refractivity contribution in [1.82, 2.24) is 5.32 Å². The van der Waals surface area contributed by atoms with Crippen molar-refractivity contribution in [2.45, 2.75) is 39.2 Å². The van der Waals surface area contributed by atoms with Crippen molar-refractivity contribution in [3.63, 3.8) is 0 Å². The van der Waals surface area contributed by atoms with E-state index in [1.54, 1.807) is 13.8 Å². The van der Waals surface area contributed by atoms with E-state index >= 15 is 0 Å². The lowest BCUT2D eigenvalue weighted by atomic mass is 9.85. The second-order valence-electron chi connectivity index (χ2n) is 5.29. The van der Waals surface area contributed by atoms with Crippen LogP contribution in [0.15, 0.2) is 30.3 Å². The summed E-state index contributed by atoms with van der Waals surface area (Å²) in [6, 6.07) is 9.41. The molecule has 0 aliphatic carbocycles. The van der Waals surface area contributed by atoms with Gasteiger partial charge in [0.05, 0.1) is 5.41 Å². The molecule has 0 spiro atoms. The number of rotatable bonds is 5. The minimum atomic E-state index is -0.765. The van der Waals surface area contributed by atoms with Crippen molar-refractivity contribution in [2.75, 3.05) is 6.61 Å². The molecule has 0 unspecified atom stereocenters. The number of nitrogens with one attached hydrogen (secondary N) is 1. The van der Waals surface area contributed by atoms with Gasteiger partial charge in [-0.25, -0.2) is 0 Å². The van der Waals surface area contributed by atoms with Gasteiger partial charge in [-0.1, -0.05) is 30.3 Å². The van der Waals surface area contributed by atoms with Gasteiger partial charge in [0.1, 0.15) is 0 Å². The monoisotopic (exact) mass is 263 g/mol. The number of hydrogen-bond donors (Lipinski definition) is 1. The first-order valence-corrected chi connectivity index (χ1v) is 6.36. The molecular formula is C15H21NO3. The lowest BCUT2D eigenvalue weighted by Gasteiger charge is -2.23. The molecule has 0 aromatic heterocycles. The van der Waals surface area contributed by atoms with Crippen molar-refractivity contribution in [2.24, 2.45) is 0 Å². The second-order valence-corrected chi connectivity index (χ2v) is 5.29. The van der Waals surface area contributed by atoms with Gasteiger partial charge >= 0.3 is 5.97 Å². The van der Waals surface area contributed by atoms with Crippen LogP contribution in [0.4, 0.5) is 0 Å². The maximum Gasteiger partial charge on any atom is 0.316 e.